The first-order valence-corrected chi connectivity index (χ1v) is 21.2. The molecule has 320 valence electrons. The number of piperidine rings is 1. The number of benzene rings is 2. The van der Waals surface area contributed by atoms with Crippen molar-refractivity contribution in [3.63, 3.8) is 0 Å². The van der Waals surface area contributed by atoms with Crippen molar-refractivity contribution in [2.75, 3.05) is 38.6 Å². The predicted molar refractivity (Wildman–Crippen MR) is 229 cm³/mol. The SMILES string of the molecule is C=C1Nc2nc3ccc(C(=O)N(C)[C@H]4CCCN(CCc5cc(F)c([C@H]6CCC(=O)NC6=O)c(F)c5)CC4)cc3n2C[C@H](C)CCCOc2c(cnn2C)-c2cc1cc(C)n2. The van der Waals surface area contributed by atoms with E-state index < -0.39 is 29.4 Å². The van der Waals surface area contributed by atoms with Crippen molar-refractivity contribution in [1.82, 2.24) is 39.4 Å². The van der Waals surface area contributed by atoms with Gasteiger partial charge in [0.2, 0.25) is 23.6 Å². The quantitative estimate of drug-likeness (QED) is 0.173. The summed E-state index contributed by atoms with van der Waals surface area (Å²) in [6, 6.07) is 12.3. The number of imidazole rings is 1. The van der Waals surface area contributed by atoms with Crippen molar-refractivity contribution in [1.29, 1.82) is 0 Å². The van der Waals surface area contributed by atoms with Crippen LogP contribution in [0.15, 0.2) is 55.2 Å². The largest absolute Gasteiger partial charge is 0.477 e. The van der Waals surface area contributed by atoms with Crippen LogP contribution in [-0.2, 0) is 29.6 Å². The summed E-state index contributed by atoms with van der Waals surface area (Å²) in [7, 11) is 3.74. The first kappa shape index (κ1) is 41.8. The summed E-state index contributed by atoms with van der Waals surface area (Å²) in [5, 5.41) is 10.1. The molecule has 0 saturated carbocycles. The van der Waals surface area contributed by atoms with Gasteiger partial charge in [0.15, 0.2) is 0 Å². The van der Waals surface area contributed by atoms with E-state index in [1.54, 1.807) is 10.9 Å². The van der Waals surface area contributed by atoms with E-state index in [4.69, 9.17) is 14.7 Å². The van der Waals surface area contributed by atoms with Crippen LogP contribution in [0, 0.1) is 24.5 Å². The lowest BCUT2D eigenvalue weighted by atomic mass is 9.89. The fourth-order valence-corrected chi connectivity index (χ4v) is 8.99. The highest BCUT2D eigenvalue weighted by Crippen LogP contribution is 2.34. The lowest BCUT2D eigenvalue weighted by Gasteiger charge is -2.28. The number of aromatic nitrogens is 5. The second-order valence-electron chi connectivity index (χ2n) is 16.9. The lowest BCUT2D eigenvalue weighted by Crippen LogP contribution is -2.40. The summed E-state index contributed by atoms with van der Waals surface area (Å²) in [6.45, 7) is 11.9. The maximum atomic E-state index is 15.2. The summed E-state index contributed by atoms with van der Waals surface area (Å²) < 4.78 is 40.5. The molecule has 3 amide bonds. The minimum atomic E-state index is -1.02. The van der Waals surface area contributed by atoms with Crippen molar-refractivity contribution in [3.8, 4) is 17.1 Å². The summed E-state index contributed by atoms with van der Waals surface area (Å²) in [5.41, 5.74) is 6.36. The Morgan fingerprint density at radius 1 is 1.00 bits per heavy atom. The molecule has 0 aliphatic carbocycles. The molecule has 13 nitrogen and oxygen atoms in total. The number of carbonyl (C=O) groups excluding carboxylic acids is 3. The average Bonchev–Trinajstić information content (AvgIpc) is 3.65. The Balaban J connectivity index is 0.954. The van der Waals surface area contributed by atoms with E-state index in [1.165, 1.54) is 12.1 Å². The normalized spacial score (nSPS) is 20.4. The van der Waals surface area contributed by atoms with Crippen molar-refractivity contribution < 1.29 is 27.9 Å². The number of rotatable bonds is 6. The van der Waals surface area contributed by atoms with Crippen molar-refractivity contribution in [2.45, 2.75) is 83.7 Å². The number of nitrogens with one attached hydrogen (secondary N) is 2. The number of ether oxygens (including phenoxy) is 1. The molecule has 0 radical (unpaired) electrons. The molecule has 2 N–H and O–H groups in total. The van der Waals surface area contributed by atoms with Gasteiger partial charge < -0.3 is 24.4 Å². The lowest BCUT2D eigenvalue weighted by molar-refractivity contribution is -0.134. The van der Waals surface area contributed by atoms with Gasteiger partial charge in [0, 0.05) is 74.3 Å². The number of halogens is 2. The van der Waals surface area contributed by atoms with Crippen LogP contribution in [0.5, 0.6) is 5.88 Å². The van der Waals surface area contributed by atoms with Gasteiger partial charge in [-0.15, -0.1) is 0 Å². The summed E-state index contributed by atoms with van der Waals surface area (Å²) in [6.07, 6.45) is 6.54. The maximum absolute atomic E-state index is 15.2. The highest BCUT2D eigenvalue weighted by Gasteiger charge is 2.33. The van der Waals surface area contributed by atoms with Crippen LogP contribution < -0.4 is 15.4 Å². The number of amides is 3. The third kappa shape index (κ3) is 8.93. The Morgan fingerprint density at radius 2 is 1.80 bits per heavy atom. The van der Waals surface area contributed by atoms with Gasteiger partial charge in [-0.1, -0.05) is 13.5 Å². The van der Waals surface area contributed by atoms with Gasteiger partial charge in [0.05, 0.1) is 41.0 Å². The molecule has 2 fully saturated rings. The molecule has 61 heavy (non-hydrogen) atoms. The van der Waals surface area contributed by atoms with E-state index in [0.29, 0.717) is 54.8 Å². The number of nitrogens with zero attached hydrogens (tertiary/aromatic N) is 7. The van der Waals surface area contributed by atoms with Gasteiger partial charge in [-0.3, -0.25) is 24.7 Å². The average molecular weight is 834 g/mol. The van der Waals surface area contributed by atoms with Gasteiger partial charge in [0.25, 0.3) is 5.91 Å². The topological polar surface area (TPSA) is 140 Å². The Hall–Kier alpha value is -5.96. The third-order valence-electron chi connectivity index (χ3n) is 12.4. The number of anilines is 1. The standard InChI is InChI=1S/C46H53F2N9O4/c1-27-8-7-19-61-45-35(25-49-55(45)5)39-23-32(20-28(2)50-39)29(3)51-46-52-38-12-10-31(24-40(38)57(46)26-27)44(60)54(4)33-9-6-16-56(18-15-33)17-14-30-21-36(47)42(37(48)22-30)34-11-13-41(58)53-43(34)59/h10,12,20-25,27,33-34H,3,6-9,11,13-19,26H2,1-2,4-5H3,(H,51,52)(H,53,58,59)/t27-,33+,34-/m1/s1. The molecule has 3 aromatic heterocycles. The second kappa shape index (κ2) is 17.6. The number of pyridine rings is 1. The van der Waals surface area contributed by atoms with E-state index in [0.717, 1.165) is 78.7 Å². The number of fused-ring (bicyclic) bond motifs is 7. The van der Waals surface area contributed by atoms with Gasteiger partial charge in [-0.25, -0.2) is 18.4 Å². The number of hydrogen-bond acceptors (Lipinski definition) is 9. The number of likely N-dealkylation sites (tertiary alicyclic amines) is 1. The van der Waals surface area contributed by atoms with E-state index in [2.05, 4.69) is 38.7 Å². The first-order chi connectivity index (χ1) is 29.3. The fraction of sp³-hybridized carbons (Fsp3) is 0.435. The van der Waals surface area contributed by atoms with Crippen LogP contribution in [0.4, 0.5) is 14.7 Å². The Morgan fingerprint density at radius 3 is 2.59 bits per heavy atom. The van der Waals surface area contributed by atoms with Gasteiger partial charge in [-0.2, -0.15) is 5.10 Å². The molecular formula is C46H53F2N9O4. The van der Waals surface area contributed by atoms with Gasteiger partial charge >= 0.3 is 0 Å². The second-order valence-corrected chi connectivity index (χ2v) is 16.9. The van der Waals surface area contributed by atoms with Crippen LogP contribution in [0.25, 0.3) is 28.0 Å². The molecular weight excluding hydrogens is 781 g/mol. The Labute approximate surface area is 354 Å². The molecule has 2 aromatic carbocycles. The minimum absolute atomic E-state index is 0.0156. The summed E-state index contributed by atoms with van der Waals surface area (Å²) in [4.78, 5) is 52.0. The van der Waals surface area contributed by atoms with Crippen LogP contribution in [0.2, 0.25) is 0 Å². The zero-order chi connectivity index (χ0) is 42.9. The molecule has 6 heterocycles. The molecule has 2 bridgehead atoms. The summed E-state index contributed by atoms with van der Waals surface area (Å²) >= 11 is 0. The molecule has 3 aliphatic heterocycles. The van der Waals surface area contributed by atoms with E-state index in [9.17, 15) is 14.4 Å². The smallest absolute Gasteiger partial charge is 0.253 e. The predicted octanol–water partition coefficient (Wildman–Crippen LogP) is 7.00. The molecule has 15 heteroatoms. The van der Waals surface area contributed by atoms with Crippen LogP contribution in [0.3, 0.4) is 0 Å². The third-order valence-corrected chi connectivity index (χ3v) is 12.4. The number of aryl methyl sites for hydroxylation is 2. The number of hydrogen-bond donors (Lipinski definition) is 2. The molecule has 3 aliphatic rings. The molecule has 0 unspecified atom stereocenters. The molecule has 8 rings (SSSR count). The van der Waals surface area contributed by atoms with Crippen molar-refractivity contribution >= 4 is 40.4 Å². The molecule has 2 saturated heterocycles. The van der Waals surface area contributed by atoms with Gasteiger partial charge in [-0.05, 0) is 112 Å². The highest BCUT2D eigenvalue weighted by molar-refractivity contribution is 6.01. The molecule has 0 spiro atoms. The first-order valence-electron chi connectivity index (χ1n) is 21.2. The zero-order valence-electron chi connectivity index (χ0n) is 35.3. The Kier molecular flexibility index (Phi) is 12.0. The number of carbonyl (C=O) groups is 3. The zero-order valence-corrected chi connectivity index (χ0v) is 35.3. The number of imide groups is 1. The van der Waals surface area contributed by atoms with Crippen molar-refractivity contribution in [2.24, 2.45) is 13.0 Å². The molecule has 3 atom stereocenters. The van der Waals surface area contributed by atoms with Crippen LogP contribution >= 0.6 is 0 Å². The maximum Gasteiger partial charge on any atom is 0.253 e. The monoisotopic (exact) mass is 833 g/mol. The van der Waals surface area contributed by atoms with Crippen LogP contribution in [-0.4, -0.2) is 91.2 Å². The minimum Gasteiger partial charge on any atom is -0.477 e. The molecule has 5 aromatic rings. The summed E-state index contributed by atoms with van der Waals surface area (Å²) in [5.74, 6) is -2.13. The van der Waals surface area contributed by atoms with E-state index >= 15 is 8.78 Å². The van der Waals surface area contributed by atoms with Crippen molar-refractivity contribution in [3.05, 3.63) is 94.8 Å². The van der Waals surface area contributed by atoms with E-state index in [-0.39, 0.29) is 36.3 Å². The van der Waals surface area contributed by atoms with Gasteiger partial charge in [0.1, 0.15) is 11.6 Å². The fourth-order valence-electron chi connectivity index (χ4n) is 8.99. The Bertz CT molecular complexity index is 2490. The van der Waals surface area contributed by atoms with E-state index in [1.807, 2.05) is 56.3 Å². The van der Waals surface area contributed by atoms with Crippen LogP contribution in [0.1, 0.15) is 90.5 Å². The highest BCUT2D eigenvalue weighted by atomic mass is 19.1.